The van der Waals surface area contributed by atoms with Gasteiger partial charge in [-0.1, -0.05) is 55.1 Å². The van der Waals surface area contributed by atoms with Gasteiger partial charge in [-0.3, -0.25) is 0 Å². The van der Waals surface area contributed by atoms with Crippen molar-refractivity contribution in [2.24, 2.45) is 0 Å². The molecule has 110 valence electrons. The van der Waals surface area contributed by atoms with Gasteiger partial charge < -0.3 is 9.67 Å². The molecule has 1 unspecified atom stereocenters. The van der Waals surface area contributed by atoms with Crippen LogP contribution in [0, 0.1) is 0 Å². The number of hydrogen-bond donors (Lipinski definition) is 1. The molecule has 1 atom stereocenters. The lowest BCUT2D eigenvalue weighted by Gasteiger charge is -2.20. The average molecular weight is 291 g/mol. The fourth-order valence-electron chi connectivity index (χ4n) is 2.75. The number of aliphatic carboxylic acids is 1. The highest BCUT2D eigenvalue weighted by Crippen LogP contribution is 2.27. The topological polar surface area (TPSA) is 42.2 Å². The molecule has 0 bridgehead atoms. The van der Waals surface area contributed by atoms with E-state index in [0.29, 0.717) is 6.42 Å². The van der Waals surface area contributed by atoms with E-state index < -0.39 is 5.97 Å². The van der Waals surface area contributed by atoms with E-state index in [1.54, 1.807) is 0 Å². The number of hydrogen-bond acceptors (Lipinski definition) is 1. The Morgan fingerprint density at radius 3 is 2.45 bits per heavy atom. The Morgan fingerprint density at radius 2 is 1.73 bits per heavy atom. The molecule has 0 aliphatic carbocycles. The van der Waals surface area contributed by atoms with Crippen molar-refractivity contribution in [3.05, 3.63) is 84.6 Å². The smallest absolute Gasteiger partial charge is 0.333 e. The molecule has 3 aromatic rings. The molecule has 0 aliphatic rings. The molecule has 3 rings (SSSR count). The number of carboxylic acids is 1. The number of para-hydroxylation sites is 1. The summed E-state index contributed by atoms with van der Waals surface area (Å²) in [5.41, 5.74) is 2.31. The SMILES string of the molecule is C=C(C(=O)O)C(Cc1ccccc1)n1ccc2ccccc21. The van der Waals surface area contributed by atoms with Crippen molar-refractivity contribution >= 4 is 16.9 Å². The van der Waals surface area contributed by atoms with E-state index in [1.807, 2.05) is 71.4 Å². The van der Waals surface area contributed by atoms with Crippen molar-refractivity contribution in [1.29, 1.82) is 0 Å². The molecule has 0 saturated heterocycles. The van der Waals surface area contributed by atoms with Crippen molar-refractivity contribution in [2.75, 3.05) is 0 Å². The van der Waals surface area contributed by atoms with Crippen LogP contribution < -0.4 is 0 Å². The van der Waals surface area contributed by atoms with E-state index >= 15 is 0 Å². The summed E-state index contributed by atoms with van der Waals surface area (Å²) < 4.78 is 2.00. The van der Waals surface area contributed by atoms with Gasteiger partial charge in [-0.15, -0.1) is 0 Å². The van der Waals surface area contributed by atoms with E-state index in [9.17, 15) is 9.90 Å². The zero-order chi connectivity index (χ0) is 15.5. The highest BCUT2D eigenvalue weighted by molar-refractivity contribution is 5.88. The molecule has 1 heterocycles. The van der Waals surface area contributed by atoms with Gasteiger partial charge in [0.1, 0.15) is 0 Å². The minimum absolute atomic E-state index is 0.199. The van der Waals surface area contributed by atoms with Gasteiger partial charge in [0.15, 0.2) is 0 Å². The molecule has 22 heavy (non-hydrogen) atoms. The van der Waals surface area contributed by atoms with E-state index in [-0.39, 0.29) is 11.6 Å². The summed E-state index contributed by atoms with van der Waals surface area (Å²) in [7, 11) is 0. The molecule has 2 aromatic carbocycles. The summed E-state index contributed by atoms with van der Waals surface area (Å²) in [6.07, 6.45) is 2.54. The zero-order valence-corrected chi connectivity index (χ0v) is 12.1. The van der Waals surface area contributed by atoms with Gasteiger partial charge in [0.2, 0.25) is 0 Å². The second-order valence-electron chi connectivity index (χ2n) is 5.32. The summed E-state index contributed by atoms with van der Waals surface area (Å²) >= 11 is 0. The predicted molar refractivity (Wildman–Crippen MR) is 87.9 cm³/mol. The molecule has 1 N–H and O–H groups in total. The van der Waals surface area contributed by atoms with Crippen LogP contribution in [0.4, 0.5) is 0 Å². The Morgan fingerprint density at radius 1 is 1.05 bits per heavy atom. The standard InChI is InChI=1S/C19H17NO2/c1-14(19(21)22)18(13-15-7-3-2-4-8-15)20-12-11-16-9-5-6-10-17(16)20/h2-12,18H,1,13H2,(H,21,22). The zero-order valence-electron chi connectivity index (χ0n) is 12.1. The lowest BCUT2D eigenvalue weighted by atomic mass is 9.99. The van der Waals surface area contributed by atoms with Crippen molar-refractivity contribution < 1.29 is 9.90 Å². The van der Waals surface area contributed by atoms with Crippen LogP contribution in [0.15, 0.2) is 79.0 Å². The third-order valence-corrected chi connectivity index (χ3v) is 3.91. The maximum atomic E-state index is 11.4. The van der Waals surface area contributed by atoms with Gasteiger partial charge >= 0.3 is 5.97 Å². The maximum absolute atomic E-state index is 11.4. The summed E-state index contributed by atoms with van der Waals surface area (Å²) in [4.78, 5) is 11.4. The molecule has 3 nitrogen and oxygen atoms in total. The van der Waals surface area contributed by atoms with E-state index in [1.165, 1.54) is 0 Å². The predicted octanol–water partition coefficient (Wildman–Crippen LogP) is 4.07. The molecule has 0 saturated carbocycles. The fraction of sp³-hybridized carbons (Fsp3) is 0.105. The molecule has 0 amide bonds. The van der Waals surface area contributed by atoms with Crippen molar-refractivity contribution in [2.45, 2.75) is 12.5 Å². The first-order valence-electron chi connectivity index (χ1n) is 7.18. The number of carbonyl (C=O) groups is 1. The fourth-order valence-corrected chi connectivity index (χ4v) is 2.75. The van der Waals surface area contributed by atoms with Gasteiger partial charge in [0.05, 0.1) is 11.6 Å². The number of rotatable bonds is 5. The van der Waals surface area contributed by atoms with Crippen LogP contribution in [0.1, 0.15) is 11.6 Å². The Balaban J connectivity index is 2.05. The van der Waals surface area contributed by atoms with Crippen LogP contribution >= 0.6 is 0 Å². The Hall–Kier alpha value is -2.81. The maximum Gasteiger partial charge on any atom is 0.333 e. The van der Waals surface area contributed by atoms with Crippen LogP contribution in [0.25, 0.3) is 10.9 Å². The first-order chi connectivity index (χ1) is 10.7. The summed E-state index contributed by atoms with van der Waals surface area (Å²) in [5.74, 6) is -0.960. The molecule has 3 heteroatoms. The van der Waals surface area contributed by atoms with Crippen LogP contribution in [0.5, 0.6) is 0 Å². The normalized spacial score (nSPS) is 12.2. The summed E-state index contributed by atoms with van der Waals surface area (Å²) in [6, 6.07) is 19.6. The lowest BCUT2D eigenvalue weighted by Crippen LogP contribution is -2.18. The summed E-state index contributed by atoms with van der Waals surface area (Å²) in [5, 5.41) is 10.5. The van der Waals surface area contributed by atoms with Gasteiger partial charge in [-0.25, -0.2) is 4.79 Å². The number of carboxylic acid groups (broad SMARTS) is 1. The molecule has 0 aliphatic heterocycles. The molecule has 0 radical (unpaired) electrons. The van der Waals surface area contributed by atoms with E-state index in [2.05, 4.69) is 6.58 Å². The highest BCUT2D eigenvalue weighted by atomic mass is 16.4. The first-order valence-corrected chi connectivity index (χ1v) is 7.18. The minimum atomic E-state index is -0.960. The van der Waals surface area contributed by atoms with Gasteiger partial charge in [0, 0.05) is 11.7 Å². The first kappa shape index (κ1) is 14.1. The van der Waals surface area contributed by atoms with Gasteiger partial charge in [-0.05, 0) is 29.5 Å². The van der Waals surface area contributed by atoms with E-state index in [0.717, 1.165) is 16.5 Å². The summed E-state index contributed by atoms with van der Waals surface area (Å²) in [6.45, 7) is 3.79. The monoisotopic (exact) mass is 291 g/mol. The van der Waals surface area contributed by atoms with Crippen molar-refractivity contribution in [3.8, 4) is 0 Å². The Kier molecular flexibility index (Phi) is 3.79. The lowest BCUT2D eigenvalue weighted by molar-refractivity contribution is -0.133. The molecular formula is C19H17NO2. The molecule has 0 spiro atoms. The highest BCUT2D eigenvalue weighted by Gasteiger charge is 2.21. The quantitative estimate of drug-likeness (QED) is 0.720. The van der Waals surface area contributed by atoms with Crippen molar-refractivity contribution in [1.82, 2.24) is 4.57 Å². The molecule has 0 fully saturated rings. The number of fused-ring (bicyclic) bond motifs is 1. The third-order valence-electron chi connectivity index (χ3n) is 3.91. The van der Waals surface area contributed by atoms with Crippen LogP contribution in [0.3, 0.4) is 0 Å². The van der Waals surface area contributed by atoms with Crippen LogP contribution in [-0.2, 0) is 11.2 Å². The Bertz CT molecular complexity index is 818. The minimum Gasteiger partial charge on any atom is -0.478 e. The average Bonchev–Trinajstić information content (AvgIpc) is 2.97. The van der Waals surface area contributed by atoms with Gasteiger partial charge in [0.25, 0.3) is 0 Å². The van der Waals surface area contributed by atoms with Gasteiger partial charge in [-0.2, -0.15) is 0 Å². The Labute approximate surface area is 129 Å². The molecule has 1 aromatic heterocycles. The van der Waals surface area contributed by atoms with Crippen LogP contribution in [0.2, 0.25) is 0 Å². The second kappa shape index (κ2) is 5.90. The van der Waals surface area contributed by atoms with Crippen molar-refractivity contribution in [3.63, 3.8) is 0 Å². The van der Waals surface area contributed by atoms with E-state index in [4.69, 9.17) is 0 Å². The second-order valence-corrected chi connectivity index (χ2v) is 5.32. The third kappa shape index (κ3) is 2.66. The van der Waals surface area contributed by atoms with Crippen LogP contribution in [-0.4, -0.2) is 15.6 Å². The number of aromatic nitrogens is 1. The molecular weight excluding hydrogens is 274 g/mol. The number of nitrogens with zero attached hydrogens (tertiary/aromatic N) is 1. The largest absolute Gasteiger partial charge is 0.478 e. The number of benzene rings is 2.